The molecule has 140 valence electrons. The highest BCUT2D eigenvalue weighted by Gasteiger charge is 2.09. The summed E-state index contributed by atoms with van der Waals surface area (Å²) in [6.07, 6.45) is 3.48. The zero-order valence-electron chi connectivity index (χ0n) is 15.9. The minimum atomic E-state index is -0.367. The molecule has 0 bridgehead atoms. The lowest BCUT2D eigenvalue weighted by atomic mass is 9.96. The zero-order valence-corrected chi connectivity index (χ0v) is 15.9. The van der Waals surface area contributed by atoms with E-state index in [1.54, 1.807) is 18.2 Å². The summed E-state index contributed by atoms with van der Waals surface area (Å²) >= 11 is 0. The Bertz CT molecular complexity index is 1130. The van der Waals surface area contributed by atoms with Crippen molar-refractivity contribution in [1.29, 1.82) is 0 Å². The molecule has 0 spiro atoms. The van der Waals surface area contributed by atoms with Crippen molar-refractivity contribution in [2.24, 2.45) is 0 Å². The maximum Gasteiger partial charge on any atom is 0.131 e. The smallest absolute Gasteiger partial charge is 0.131 e. The molecule has 4 aromatic carbocycles. The van der Waals surface area contributed by atoms with Crippen molar-refractivity contribution in [1.82, 2.24) is 0 Å². The molecule has 0 fully saturated rings. The minimum absolute atomic E-state index is 0.349. The number of halogens is 2. The summed E-state index contributed by atoms with van der Waals surface area (Å²) in [5.74, 6) is -0.716. The van der Waals surface area contributed by atoms with E-state index in [0.29, 0.717) is 11.1 Å². The summed E-state index contributed by atoms with van der Waals surface area (Å²) in [5, 5.41) is 2.35. The van der Waals surface area contributed by atoms with Crippen LogP contribution in [-0.2, 0) is 6.42 Å². The second-order valence-electron chi connectivity index (χ2n) is 7.20. The Hall–Kier alpha value is -3.00. The van der Waals surface area contributed by atoms with Crippen LogP contribution in [0.15, 0.2) is 78.9 Å². The molecule has 0 aromatic heterocycles. The fourth-order valence-electron chi connectivity index (χ4n) is 3.60. The van der Waals surface area contributed by atoms with E-state index >= 15 is 0 Å². The van der Waals surface area contributed by atoms with Crippen LogP contribution in [0.5, 0.6) is 0 Å². The van der Waals surface area contributed by atoms with Crippen LogP contribution in [0.4, 0.5) is 8.78 Å². The van der Waals surface area contributed by atoms with Crippen LogP contribution in [0.2, 0.25) is 0 Å². The summed E-state index contributed by atoms with van der Waals surface area (Å²) in [6, 6.07) is 23.9. The Kier molecular flexibility index (Phi) is 5.21. The molecule has 0 radical (unpaired) electrons. The van der Waals surface area contributed by atoms with Crippen LogP contribution < -0.4 is 0 Å². The van der Waals surface area contributed by atoms with Crippen molar-refractivity contribution in [3.8, 4) is 22.3 Å². The van der Waals surface area contributed by atoms with Gasteiger partial charge in [-0.1, -0.05) is 67.9 Å². The molecule has 0 nitrogen and oxygen atoms in total. The SMILES string of the molecule is CCCCc1ccc2cc(-c3ccc(-c4cccc(F)c4)c(F)c3)ccc2c1. The van der Waals surface area contributed by atoms with Crippen LogP contribution in [0.1, 0.15) is 25.3 Å². The summed E-state index contributed by atoms with van der Waals surface area (Å²) < 4.78 is 28.2. The molecular formula is C26H22F2. The van der Waals surface area contributed by atoms with Gasteiger partial charge in [0.05, 0.1) is 0 Å². The van der Waals surface area contributed by atoms with Crippen molar-refractivity contribution < 1.29 is 8.78 Å². The molecule has 0 unspecified atom stereocenters. The van der Waals surface area contributed by atoms with Crippen LogP contribution in [0, 0.1) is 11.6 Å². The Morgan fingerprint density at radius 1 is 0.679 bits per heavy atom. The number of rotatable bonds is 5. The van der Waals surface area contributed by atoms with E-state index in [1.807, 2.05) is 12.1 Å². The number of unbranched alkanes of at least 4 members (excludes halogenated alkanes) is 1. The van der Waals surface area contributed by atoms with Gasteiger partial charge in [0.2, 0.25) is 0 Å². The number of benzene rings is 4. The van der Waals surface area contributed by atoms with Gasteiger partial charge in [-0.3, -0.25) is 0 Å². The topological polar surface area (TPSA) is 0 Å². The number of hydrogen-bond donors (Lipinski definition) is 0. The third kappa shape index (κ3) is 3.82. The normalized spacial score (nSPS) is 11.1. The first-order valence-corrected chi connectivity index (χ1v) is 9.72. The Morgan fingerprint density at radius 2 is 1.43 bits per heavy atom. The number of aryl methyl sites for hydroxylation is 1. The van der Waals surface area contributed by atoms with Gasteiger partial charge in [-0.2, -0.15) is 0 Å². The van der Waals surface area contributed by atoms with Gasteiger partial charge in [0, 0.05) is 5.56 Å². The van der Waals surface area contributed by atoms with E-state index in [-0.39, 0.29) is 11.6 Å². The molecule has 0 aliphatic rings. The van der Waals surface area contributed by atoms with E-state index < -0.39 is 0 Å². The largest absolute Gasteiger partial charge is 0.207 e. The van der Waals surface area contributed by atoms with E-state index in [9.17, 15) is 8.78 Å². The van der Waals surface area contributed by atoms with Gasteiger partial charge in [-0.15, -0.1) is 0 Å². The van der Waals surface area contributed by atoms with Gasteiger partial charge in [0.1, 0.15) is 11.6 Å². The highest BCUT2D eigenvalue weighted by atomic mass is 19.1. The molecule has 0 amide bonds. The van der Waals surface area contributed by atoms with Gasteiger partial charge in [0.15, 0.2) is 0 Å². The van der Waals surface area contributed by atoms with Crippen molar-refractivity contribution in [2.45, 2.75) is 26.2 Å². The lowest BCUT2D eigenvalue weighted by Crippen LogP contribution is -1.88. The predicted molar refractivity (Wildman–Crippen MR) is 113 cm³/mol. The third-order valence-electron chi connectivity index (χ3n) is 5.16. The van der Waals surface area contributed by atoms with Gasteiger partial charge in [-0.25, -0.2) is 8.78 Å². The van der Waals surface area contributed by atoms with E-state index in [4.69, 9.17) is 0 Å². The standard InChI is InChI=1S/C26H22F2/c1-2-3-5-18-8-9-20-15-21(11-10-19(20)14-18)22-12-13-25(26(28)17-22)23-6-4-7-24(27)16-23/h4,6-17H,2-3,5H2,1H3. The highest BCUT2D eigenvalue weighted by Crippen LogP contribution is 2.30. The summed E-state index contributed by atoms with van der Waals surface area (Å²) in [5.41, 5.74) is 4.09. The van der Waals surface area contributed by atoms with Crippen molar-refractivity contribution >= 4 is 10.8 Å². The van der Waals surface area contributed by atoms with Gasteiger partial charge >= 0.3 is 0 Å². The lowest BCUT2D eigenvalue weighted by Gasteiger charge is -2.09. The molecule has 28 heavy (non-hydrogen) atoms. The molecule has 0 atom stereocenters. The first kappa shape index (κ1) is 18.4. The molecule has 0 saturated heterocycles. The molecule has 0 N–H and O–H groups in total. The van der Waals surface area contributed by atoms with Crippen LogP contribution in [0.25, 0.3) is 33.0 Å². The molecule has 4 rings (SSSR count). The predicted octanol–water partition coefficient (Wildman–Crippen LogP) is 7.79. The fraction of sp³-hybridized carbons (Fsp3) is 0.154. The molecule has 4 aromatic rings. The van der Waals surface area contributed by atoms with Crippen molar-refractivity contribution in [2.75, 3.05) is 0 Å². The average molecular weight is 372 g/mol. The summed E-state index contributed by atoms with van der Waals surface area (Å²) in [4.78, 5) is 0. The van der Waals surface area contributed by atoms with Crippen molar-refractivity contribution in [3.05, 3.63) is 96.1 Å². The first-order chi connectivity index (χ1) is 13.6. The van der Waals surface area contributed by atoms with Crippen molar-refractivity contribution in [3.63, 3.8) is 0 Å². The van der Waals surface area contributed by atoms with Gasteiger partial charge in [-0.05, 0) is 70.1 Å². The number of fused-ring (bicyclic) bond motifs is 1. The second-order valence-corrected chi connectivity index (χ2v) is 7.20. The van der Waals surface area contributed by atoms with E-state index in [2.05, 4.69) is 37.3 Å². The second kappa shape index (κ2) is 7.93. The fourth-order valence-corrected chi connectivity index (χ4v) is 3.60. The molecule has 0 aliphatic heterocycles. The summed E-state index contributed by atoms with van der Waals surface area (Å²) in [6.45, 7) is 2.20. The van der Waals surface area contributed by atoms with E-state index in [1.165, 1.54) is 42.0 Å². The maximum absolute atomic E-state index is 14.7. The van der Waals surface area contributed by atoms with Gasteiger partial charge < -0.3 is 0 Å². The molecule has 0 aliphatic carbocycles. The average Bonchev–Trinajstić information content (AvgIpc) is 2.71. The Balaban J connectivity index is 1.67. The van der Waals surface area contributed by atoms with Crippen LogP contribution in [-0.4, -0.2) is 0 Å². The third-order valence-corrected chi connectivity index (χ3v) is 5.16. The van der Waals surface area contributed by atoms with Crippen LogP contribution in [0.3, 0.4) is 0 Å². The Labute approximate surface area is 164 Å². The summed E-state index contributed by atoms with van der Waals surface area (Å²) in [7, 11) is 0. The number of hydrogen-bond acceptors (Lipinski definition) is 0. The molecular weight excluding hydrogens is 350 g/mol. The quantitative estimate of drug-likeness (QED) is 0.335. The minimum Gasteiger partial charge on any atom is -0.207 e. The first-order valence-electron chi connectivity index (χ1n) is 9.72. The Morgan fingerprint density at radius 3 is 2.21 bits per heavy atom. The molecule has 2 heteroatoms. The highest BCUT2D eigenvalue weighted by molar-refractivity contribution is 5.88. The molecule has 0 saturated carbocycles. The lowest BCUT2D eigenvalue weighted by molar-refractivity contribution is 0.625. The molecule has 0 heterocycles. The van der Waals surface area contributed by atoms with E-state index in [0.717, 1.165) is 22.9 Å². The maximum atomic E-state index is 14.7. The monoisotopic (exact) mass is 372 g/mol. The van der Waals surface area contributed by atoms with Crippen LogP contribution >= 0.6 is 0 Å². The zero-order chi connectivity index (χ0) is 19.5. The van der Waals surface area contributed by atoms with Gasteiger partial charge in [0.25, 0.3) is 0 Å².